The largest absolute Gasteiger partial charge is 0.472 e. The Labute approximate surface area is 600 Å². The van der Waals surface area contributed by atoms with Crippen LogP contribution < -0.4 is 0 Å². The summed E-state index contributed by atoms with van der Waals surface area (Å²) in [6.07, 6.45) is 66.0. The molecule has 98 heavy (non-hydrogen) atoms. The van der Waals surface area contributed by atoms with Crippen molar-refractivity contribution in [2.75, 3.05) is 39.6 Å². The Hall–Kier alpha value is -2.20. The SMILES string of the molecule is CCCCCCCC/C=C\CCCCCCCC(=O)OC[C@H](COP(=O)(O)OC[C@H](O)COP(=O)(O)OC[C@@H](COC(=O)CCCCCCCCCCCCCCC)OC(=O)CCCCCCCCCCCCCCCCC)OC(=O)CCCCCCCCCCCCCCCCC. The molecule has 0 aliphatic carbocycles. The van der Waals surface area contributed by atoms with E-state index in [4.69, 9.17) is 37.0 Å². The van der Waals surface area contributed by atoms with Gasteiger partial charge in [-0.05, 0) is 51.4 Å². The molecule has 0 aromatic carbocycles. The van der Waals surface area contributed by atoms with Gasteiger partial charge in [-0.3, -0.25) is 37.3 Å². The van der Waals surface area contributed by atoms with E-state index in [0.29, 0.717) is 25.7 Å². The number of phosphoric ester groups is 2. The smallest absolute Gasteiger partial charge is 0.462 e. The Morgan fingerprint density at radius 3 is 0.704 bits per heavy atom. The Morgan fingerprint density at radius 1 is 0.276 bits per heavy atom. The molecule has 0 aromatic rings. The Kier molecular flexibility index (Phi) is 71.5. The van der Waals surface area contributed by atoms with Crippen molar-refractivity contribution >= 4 is 39.5 Å². The molecule has 0 fully saturated rings. The molecule has 0 rings (SSSR count). The number of allylic oxidation sites excluding steroid dienone is 2. The van der Waals surface area contributed by atoms with Gasteiger partial charge in [-0.25, -0.2) is 9.13 Å². The van der Waals surface area contributed by atoms with Crippen molar-refractivity contribution in [3.63, 3.8) is 0 Å². The van der Waals surface area contributed by atoms with Crippen molar-refractivity contribution in [3.8, 4) is 0 Å². The fraction of sp³-hybridized carbons (Fsp3) is 0.924. The van der Waals surface area contributed by atoms with Gasteiger partial charge in [0.15, 0.2) is 12.2 Å². The van der Waals surface area contributed by atoms with E-state index < -0.39 is 97.5 Å². The van der Waals surface area contributed by atoms with Crippen molar-refractivity contribution in [1.82, 2.24) is 0 Å². The van der Waals surface area contributed by atoms with Crippen LogP contribution in [0.4, 0.5) is 0 Å². The Balaban J connectivity index is 5.28. The molecule has 0 aromatic heterocycles. The number of carbonyl (C=O) groups is 4. The summed E-state index contributed by atoms with van der Waals surface area (Å²) < 4.78 is 68.7. The fourth-order valence-corrected chi connectivity index (χ4v) is 13.6. The molecule has 0 saturated heterocycles. The van der Waals surface area contributed by atoms with Crippen LogP contribution in [0, 0.1) is 0 Å². The van der Waals surface area contributed by atoms with Gasteiger partial charge in [0.1, 0.15) is 19.3 Å². The first kappa shape index (κ1) is 95.8. The summed E-state index contributed by atoms with van der Waals surface area (Å²) in [5.74, 6) is -2.12. The molecule has 2 unspecified atom stereocenters. The zero-order valence-electron chi connectivity index (χ0n) is 63.5. The number of carbonyl (C=O) groups excluding carboxylic acids is 4. The number of hydrogen-bond donors (Lipinski definition) is 3. The van der Waals surface area contributed by atoms with E-state index in [9.17, 15) is 43.2 Å². The number of aliphatic hydroxyl groups is 1. The van der Waals surface area contributed by atoms with E-state index in [1.807, 2.05) is 0 Å². The van der Waals surface area contributed by atoms with Crippen molar-refractivity contribution in [3.05, 3.63) is 12.2 Å². The van der Waals surface area contributed by atoms with Crippen LogP contribution >= 0.6 is 15.6 Å². The van der Waals surface area contributed by atoms with Gasteiger partial charge >= 0.3 is 39.5 Å². The second-order valence-electron chi connectivity index (χ2n) is 28.1. The van der Waals surface area contributed by atoms with Crippen molar-refractivity contribution < 1.29 is 80.2 Å². The lowest BCUT2D eigenvalue weighted by Gasteiger charge is -2.21. The summed E-state index contributed by atoms with van der Waals surface area (Å²) in [7, 11) is -9.92. The highest BCUT2D eigenvalue weighted by atomic mass is 31.2. The molecule has 0 saturated carbocycles. The first-order valence-corrected chi connectivity index (χ1v) is 43.9. The third kappa shape index (κ3) is 72.2. The third-order valence-electron chi connectivity index (χ3n) is 18.3. The number of hydrogen-bond acceptors (Lipinski definition) is 15. The maximum atomic E-state index is 13.1. The van der Waals surface area contributed by atoms with Crippen LogP contribution in [0.3, 0.4) is 0 Å². The summed E-state index contributed by atoms with van der Waals surface area (Å²) in [5, 5.41) is 10.6. The standard InChI is InChI=1S/C79H152O17P2/c1-5-9-13-17-21-25-29-33-36-40-44-48-52-56-60-64-77(82)90-70-75(96-79(84)66-62-58-54-50-46-42-38-35-31-27-23-19-15-11-7-3)72-94-98(87,88)92-68-73(80)67-91-97(85,86)93-71-74(69-89-76(81)63-59-55-51-47-43-39-32-28-24-20-16-12-8-4)95-78(83)65-61-57-53-49-45-41-37-34-30-26-22-18-14-10-6-2/h33,36,73-75,80H,5-32,34-35,37-72H2,1-4H3,(H,85,86)(H,87,88)/b36-33-/t73-,74-,75-/m1/s1. The van der Waals surface area contributed by atoms with Gasteiger partial charge in [-0.15, -0.1) is 0 Å². The number of aliphatic hydroxyl groups excluding tert-OH is 1. The van der Waals surface area contributed by atoms with Crippen molar-refractivity contribution in [1.29, 1.82) is 0 Å². The van der Waals surface area contributed by atoms with E-state index in [1.54, 1.807) is 0 Å². The highest BCUT2D eigenvalue weighted by Crippen LogP contribution is 2.45. The van der Waals surface area contributed by atoms with Gasteiger partial charge in [-0.2, -0.15) is 0 Å². The lowest BCUT2D eigenvalue weighted by atomic mass is 10.0. The minimum Gasteiger partial charge on any atom is -0.462 e. The fourth-order valence-electron chi connectivity index (χ4n) is 12.0. The first-order chi connectivity index (χ1) is 47.7. The van der Waals surface area contributed by atoms with Gasteiger partial charge in [0.05, 0.1) is 26.4 Å². The second-order valence-corrected chi connectivity index (χ2v) is 31.0. The predicted molar refractivity (Wildman–Crippen MR) is 400 cm³/mol. The molecule has 19 heteroatoms. The van der Waals surface area contributed by atoms with Gasteiger partial charge < -0.3 is 33.8 Å². The molecule has 5 atom stereocenters. The summed E-state index contributed by atoms with van der Waals surface area (Å²) >= 11 is 0. The van der Waals surface area contributed by atoms with Crippen LogP contribution in [0.15, 0.2) is 12.2 Å². The van der Waals surface area contributed by atoms with Crippen molar-refractivity contribution in [2.45, 2.75) is 431 Å². The Morgan fingerprint density at radius 2 is 0.469 bits per heavy atom. The maximum Gasteiger partial charge on any atom is 0.472 e. The molecular weight excluding hydrogens is 1280 g/mol. The molecule has 0 amide bonds. The van der Waals surface area contributed by atoms with Gasteiger partial charge in [0, 0.05) is 25.7 Å². The van der Waals surface area contributed by atoms with Crippen LogP contribution in [-0.2, 0) is 65.4 Å². The minimum absolute atomic E-state index is 0.105. The van der Waals surface area contributed by atoms with Gasteiger partial charge in [0.2, 0.25) is 0 Å². The van der Waals surface area contributed by atoms with E-state index >= 15 is 0 Å². The molecular formula is C79H152O17P2. The molecule has 0 aliphatic rings. The highest BCUT2D eigenvalue weighted by molar-refractivity contribution is 7.47. The molecule has 580 valence electrons. The zero-order valence-corrected chi connectivity index (χ0v) is 65.3. The number of esters is 4. The highest BCUT2D eigenvalue weighted by Gasteiger charge is 2.30. The quantitative estimate of drug-likeness (QED) is 0.0169. The molecule has 0 heterocycles. The van der Waals surface area contributed by atoms with Crippen LogP contribution in [0.5, 0.6) is 0 Å². The maximum absolute atomic E-state index is 13.1. The topological polar surface area (TPSA) is 237 Å². The lowest BCUT2D eigenvalue weighted by molar-refractivity contribution is -0.161. The molecule has 17 nitrogen and oxygen atoms in total. The predicted octanol–water partition coefficient (Wildman–Crippen LogP) is 23.6. The number of ether oxygens (including phenoxy) is 4. The summed E-state index contributed by atoms with van der Waals surface area (Å²) in [6.45, 7) is 4.99. The monoisotopic (exact) mass is 1440 g/mol. The molecule has 0 spiro atoms. The van der Waals surface area contributed by atoms with E-state index in [-0.39, 0.29) is 25.7 Å². The molecule has 3 N–H and O–H groups in total. The first-order valence-electron chi connectivity index (χ1n) is 40.9. The number of unbranched alkanes of at least 4 members (excludes halogenated alkanes) is 51. The van der Waals surface area contributed by atoms with Crippen LogP contribution in [0.25, 0.3) is 0 Å². The van der Waals surface area contributed by atoms with E-state index in [1.165, 1.54) is 225 Å². The van der Waals surface area contributed by atoms with Crippen LogP contribution in [0.1, 0.15) is 413 Å². The summed E-state index contributed by atoms with van der Waals surface area (Å²) in [5.41, 5.74) is 0. The summed E-state index contributed by atoms with van der Waals surface area (Å²) in [6, 6.07) is 0. The van der Waals surface area contributed by atoms with E-state index in [2.05, 4.69) is 39.8 Å². The average Bonchev–Trinajstić information content (AvgIpc) is 1.04. The van der Waals surface area contributed by atoms with Crippen molar-refractivity contribution in [2.24, 2.45) is 0 Å². The zero-order chi connectivity index (χ0) is 71.8. The normalized spacial score (nSPS) is 13.9. The summed E-state index contributed by atoms with van der Waals surface area (Å²) in [4.78, 5) is 73.0. The number of rotatable bonds is 79. The average molecular weight is 1440 g/mol. The van der Waals surface area contributed by atoms with Gasteiger partial charge in [0.25, 0.3) is 0 Å². The minimum atomic E-state index is -4.96. The molecule has 0 radical (unpaired) electrons. The lowest BCUT2D eigenvalue weighted by Crippen LogP contribution is -2.30. The molecule has 0 aliphatic heterocycles. The third-order valence-corrected chi connectivity index (χ3v) is 20.2. The van der Waals surface area contributed by atoms with Gasteiger partial charge in [-0.1, -0.05) is 348 Å². The number of phosphoric acid groups is 2. The molecule has 0 bridgehead atoms. The Bertz CT molecular complexity index is 1910. The van der Waals surface area contributed by atoms with Crippen LogP contribution in [-0.4, -0.2) is 96.7 Å². The second kappa shape index (κ2) is 73.1. The van der Waals surface area contributed by atoms with E-state index in [0.717, 1.165) is 109 Å². The van der Waals surface area contributed by atoms with Crippen LogP contribution in [0.2, 0.25) is 0 Å².